The molecule has 0 heterocycles. The topological polar surface area (TPSA) is 59.0 Å². The van der Waals surface area contributed by atoms with Crippen LogP contribution >= 0.6 is 15.9 Å². The Morgan fingerprint density at radius 2 is 1.89 bits per heavy atom. The summed E-state index contributed by atoms with van der Waals surface area (Å²) in [5.41, 5.74) is 7.60. The number of nitrogens with zero attached hydrogens (tertiary/aromatic N) is 1. The van der Waals surface area contributed by atoms with Crippen LogP contribution < -0.4 is 10.5 Å². The Hall–Kier alpha value is -1.99. The molecule has 0 aliphatic heterocycles. The number of ether oxygens (including phenoxy) is 1. The highest BCUT2D eigenvalue weighted by molar-refractivity contribution is 9.10. The number of anilines is 1. The maximum Gasteiger partial charge on any atom is 0.145 e. The van der Waals surface area contributed by atoms with Crippen LogP contribution in [0.4, 0.5) is 5.69 Å². The van der Waals surface area contributed by atoms with Gasteiger partial charge in [-0.15, -0.1) is 0 Å². The fourth-order valence-corrected chi connectivity index (χ4v) is 2.05. The Morgan fingerprint density at radius 1 is 1.17 bits per heavy atom. The monoisotopic (exact) mass is 302 g/mol. The molecule has 18 heavy (non-hydrogen) atoms. The van der Waals surface area contributed by atoms with Gasteiger partial charge in [0.1, 0.15) is 17.6 Å². The molecular formula is C14H11BrN2O. The smallest absolute Gasteiger partial charge is 0.145 e. The zero-order chi connectivity index (χ0) is 13.1. The molecule has 0 aliphatic rings. The molecule has 90 valence electrons. The predicted molar refractivity (Wildman–Crippen MR) is 74.5 cm³/mol. The number of halogens is 1. The van der Waals surface area contributed by atoms with Crippen molar-refractivity contribution in [3.63, 3.8) is 0 Å². The molecule has 0 saturated heterocycles. The number of rotatable bonds is 2. The molecule has 0 saturated carbocycles. The molecule has 0 spiro atoms. The summed E-state index contributed by atoms with van der Waals surface area (Å²) in [6, 6.07) is 12.8. The largest absolute Gasteiger partial charge is 0.456 e. The van der Waals surface area contributed by atoms with Crippen LogP contribution in [0.15, 0.2) is 40.9 Å². The molecule has 4 heteroatoms. The van der Waals surface area contributed by atoms with Crippen LogP contribution in [0.2, 0.25) is 0 Å². The van der Waals surface area contributed by atoms with Crippen LogP contribution in [0.1, 0.15) is 11.1 Å². The van der Waals surface area contributed by atoms with Gasteiger partial charge in [0.05, 0.1) is 5.56 Å². The summed E-state index contributed by atoms with van der Waals surface area (Å²) in [7, 11) is 0. The van der Waals surface area contributed by atoms with Crippen molar-refractivity contribution in [1.29, 1.82) is 5.26 Å². The van der Waals surface area contributed by atoms with E-state index in [9.17, 15) is 0 Å². The van der Waals surface area contributed by atoms with Crippen molar-refractivity contribution < 1.29 is 4.74 Å². The second-order valence-electron chi connectivity index (χ2n) is 3.88. The molecule has 0 unspecified atom stereocenters. The summed E-state index contributed by atoms with van der Waals surface area (Å²) in [5.74, 6) is 1.23. The Balaban J connectivity index is 2.37. The molecule has 0 fully saturated rings. The van der Waals surface area contributed by atoms with Gasteiger partial charge in [0.15, 0.2) is 0 Å². The number of hydrogen-bond acceptors (Lipinski definition) is 3. The Labute approximate surface area is 114 Å². The molecular weight excluding hydrogens is 292 g/mol. The molecule has 0 amide bonds. The van der Waals surface area contributed by atoms with Gasteiger partial charge in [-0.2, -0.15) is 5.26 Å². The maximum absolute atomic E-state index is 9.04. The zero-order valence-electron chi connectivity index (χ0n) is 9.77. The lowest BCUT2D eigenvalue weighted by Gasteiger charge is -2.10. The lowest BCUT2D eigenvalue weighted by molar-refractivity contribution is 0.477. The van der Waals surface area contributed by atoms with E-state index in [0.717, 1.165) is 15.8 Å². The number of nitrogen functional groups attached to an aromatic ring is 1. The van der Waals surface area contributed by atoms with Crippen LogP contribution in [0, 0.1) is 18.3 Å². The van der Waals surface area contributed by atoms with E-state index < -0.39 is 0 Å². The van der Waals surface area contributed by atoms with E-state index in [1.807, 2.05) is 25.1 Å². The summed E-state index contributed by atoms with van der Waals surface area (Å²) >= 11 is 3.39. The summed E-state index contributed by atoms with van der Waals surface area (Å²) in [6.07, 6.45) is 0. The number of nitriles is 1. The highest BCUT2D eigenvalue weighted by Crippen LogP contribution is 2.30. The SMILES string of the molecule is Cc1cc(Br)ccc1Oc1ccc(N)cc1C#N. The van der Waals surface area contributed by atoms with E-state index >= 15 is 0 Å². The Bertz CT molecular complexity index is 632. The zero-order valence-corrected chi connectivity index (χ0v) is 11.4. The van der Waals surface area contributed by atoms with Gasteiger partial charge in [0.25, 0.3) is 0 Å². The quantitative estimate of drug-likeness (QED) is 0.853. The summed E-state index contributed by atoms with van der Waals surface area (Å²) < 4.78 is 6.73. The number of hydrogen-bond donors (Lipinski definition) is 1. The van der Waals surface area contributed by atoms with Crippen molar-refractivity contribution >= 4 is 21.6 Å². The van der Waals surface area contributed by atoms with Crippen molar-refractivity contribution in [3.05, 3.63) is 52.0 Å². The minimum absolute atomic E-state index is 0.428. The molecule has 2 aromatic rings. The van der Waals surface area contributed by atoms with Crippen molar-refractivity contribution in [2.24, 2.45) is 0 Å². The van der Waals surface area contributed by atoms with Gasteiger partial charge in [-0.1, -0.05) is 15.9 Å². The van der Waals surface area contributed by atoms with E-state index in [1.54, 1.807) is 18.2 Å². The van der Waals surface area contributed by atoms with Crippen molar-refractivity contribution in [3.8, 4) is 17.6 Å². The Kier molecular flexibility index (Phi) is 3.54. The molecule has 0 aliphatic carbocycles. The van der Waals surface area contributed by atoms with Gasteiger partial charge in [-0.3, -0.25) is 0 Å². The highest BCUT2D eigenvalue weighted by atomic mass is 79.9. The van der Waals surface area contributed by atoms with Gasteiger partial charge >= 0.3 is 0 Å². The highest BCUT2D eigenvalue weighted by Gasteiger charge is 2.07. The number of aryl methyl sites for hydroxylation is 1. The van der Waals surface area contributed by atoms with Gasteiger partial charge in [-0.05, 0) is 48.9 Å². The molecule has 2 N–H and O–H groups in total. The van der Waals surface area contributed by atoms with Crippen LogP contribution in [0.3, 0.4) is 0 Å². The molecule has 0 aromatic heterocycles. The van der Waals surface area contributed by atoms with E-state index in [-0.39, 0.29) is 0 Å². The molecule has 3 nitrogen and oxygen atoms in total. The first kappa shape index (κ1) is 12.5. The summed E-state index contributed by atoms with van der Waals surface area (Å²) in [4.78, 5) is 0. The first-order chi connectivity index (χ1) is 8.60. The first-order valence-corrected chi connectivity index (χ1v) is 6.13. The first-order valence-electron chi connectivity index (χ1n) is 5.34. The molecule has 2 rings (SSSR count). The van der Waals surface area contributed by atoms with Crippen LogP contribution in [-0.4, -0.2) is 0 Å². The van der Waals surface area contributed by atoms with Gasteiger partial charge in [0, 0.05) is 10.2 Å². The Morgan fingerprint density at radius 3 is 2.56 bits per heavy atom. The van der Waals surface area contributed by atoms with Crippen LogP contribution in [-0.2, 0) is 0 Å². The third kappa shape index (κ3) is 2.63. The average molecular weight is 303 g/mol. The normalized spacial score (nSPS) is 9.83. The summed E-state index contributed by atoms with van der Waals surface area (Å²) in [6.45, 7) is 1.95. The fourth-order valence-electron chi connectivity index (χ4n) is 1.57. The molecule has 0 atom stereocenters. The minimum Gasteiger partial charge on any atom is -0.456 e. The lowest BCUT2D eigenvalue weighted by Crippen LogP contribution is -1.92. The number of benzene rings is 2. The van der Waals surface area contributed by atoms with E-state index in [2.05, 4.69) is 22.0 Å². The van der Waals surface area contributed by atoms with Gasteiger partial charge in [0.2, 0.25) is 0 Å². The second-order valence-corrected chi connectivity index (χ2v) is 4.79. The summed E-state index contributed by atoms with van der Waals surface area (Å²) in [5, 5.41) is 9.04. The van der Waals surface area contributed by atoms with Crippen molar-refractivity contribution in [2.75, 3.05) is 5.73 Å². The molecule has 0 bridgehead atoms. The lowest BCUT2D eigenvalue weighted by atomic mass is 10.2. The number of nitrogens with two attached hydrogens (primary N) is 1. The van der Waals surface area contributed by atoms with Crippen molar-refractivity contribution in [2.45, 2.75) is 6.92 Å². The van der Waals surface area contributed by atoms with Crippen molar-refractivity contribution in [1.82, 2.24) is 0 Å². The average Bonchev–Trinajstić information content (AvgIpc) is 2.34. The third-order valence-corrected chi connectivity index (χ3v) is 2.97. The van der Waals surface area contributed by atoms with Crippen LogP contribution in [0.5, 0.6) is 11.5 Å². The van der Waals surface area contributed by atoms with E-state index in [0.29, 0.717) is 17.0 Å². The van der Waals surface area contributed by atoms with Gasteiger partial charge in [-0.25, -0.2) is 0 Å². The predicted octanol–water partition coefficient (Wildman–Crippen LogP) is 4.00. The molecule has 0 radical (unpaired) electrons. The minimum atomic E-state index is 0.428. The van der Waals surface area contributed by atoms with Gasteiger partial charge < -0.3 is 10.5 Å². The maximum atomic E-state index is 9.04. The second kappa shape index (κ2) is 5.11. The standard InChI is InChI=1S/C14H11BrN2O/c1-9-6-11(15)2-4-13(9)18-14-5-3-12(17)7-10(14)8-16/h2-7H,17H2,1H3. The molecule has 2 aromatic carbocycles. The third-order valence-electron chi connectivity index (χ3n) is 2.48. The fraction of sp³-hybridized carbons (Fsp3) is 0.0714. The van der Waals surface area contributed by atoms with E-state index in [1.165, 1.54) is 0 Å². The van der Waals surface area contributed by atoms with Crippen LogP contribution in [0.25, 0.3) is 0 Å². The van der Waals surface area contributed by atoms with E-state index in [4.69, 9.17) is 15.7 Å².